The van der Waals surface area contributed by atoms with Gasteiger partial charge >= 0.3 is 7.12 Å². The van der Waals surface area contributed by atoms with Crippen LogP contribution in [0.3, 0.4) is 0 Å². The normalized spacial score (nSPS) is 22.0. The van der Waals surface area contributed by atoms with E-state index in [1.54, 1.807) is 0 Å². The van der Waals surface area contributed by atoms with Crippen LogP contribution in [-0.2, 0) is 14.0 Å². The SMILES string of the molecule is CC(C)[Si](C#Cc1nn(C2CCCCO2)c2ccc(B3OC(C)(C)C(C)(C)O3)cc12)(C(C)C)C(C)C. The van der Waals surface area contributed by atoms with Crippen molar-refractivity contribution >= 4 is 31.6 Å². The van der Waals surface area contributed by atoms with Crippen LogP contribution in [0.1, 0.15) is 100 Å². The summed E-state index contributed by atoms with van der Waals surface area (Å²) in [5.74, 6) is 3.62. The molecule has 2 aliphatic heterocycles. The lowest BCUT2D eigenvalue weighted by molar-refractivity contribution is -0.0367. The maximum absolute atomic E-state index is 6.37. The number of rotatable bonds is 5. The van der Waals surface area contributed by atoms with E-state index >= 15 is 0 Å². The highest BCUT2D eigenvalue weighted by atomic mass is 28.3. The maximum Gasteiger partial charge on any atom is 0.494 e. The molecule has 0 spiro atoms. The second kappa shape index (κ2) is 9.94. The highest BCUT2D eigenvalue weighted by Gasteiger charge is 2.51. The van der Waals surface area contributed by atoms with Crippen LogP contribution in [0.15, 0.2) is 18.2 Å². The van der Waals surface area contributed by atoms with Gasteiger partial charge in [0.2, 0.25) is 0 Å². The number of aromatic nitrogens is 2. The summed E-state index contributed by atoms with van der Waals surface area (Å²) in [4.78, 5) is 0. The lowest BCUT2D eigenvalue weighted by Gasteiger charge is -2.38. The Morgan fingerprint density at radius 3 is 2.11 bits per heavy atom. The van der Waals surface area contributed by atoms with Gasteiger partial charge in [-0.2, -0.15) is 5.10 Å². The Labute approximate surface area is 219 Å². The molecule has 3 heterocycles. The average Bonchev–Trinajstić information content (AvgIpc) is 3.27. The zero-order valence-electron chi connectivity index (χ0n) is 24.1. The Balaban J connectivity index is 1.84. The van der Waals surface area contributed by atoms with Crippen molar-refractivity contribution in [1.82, 2.24) is 9.78 Å². The van der Waals surface area contributed by atoms with Gasteiger partial charge in [0.05, 0.1) is 16.7 Å². The molecule has 0 N–H and O–H groups in total. The Morgan fingerprint density at radius 2 is 1.58 bits per heavy atom. The minimum atomic E-state index is -1.90. The van der Waals surface area contributed by atoms with E-state index in [0.29, 0.717) is 16.6 Å². The summed E-state index contributed by atoms with van der Waals surface area (Å²) in [5.41, 5.74) is 7.74. The molecule has 0 amide bonds. The summed E-state index contributed by atoms with van der Waals surface area (Å²) in [7, 11) is -2.31. The van der Waals surface area contributed by atoms with Crippen LogP contribution in [0.2, 0.25) is 16.6 Å². The van der Waals surface area contributed by atoms with E-state index in [-0.39, 0.29) is 17.4 Å². The van der Waals surface area contributed by atoms with Crippen LogP contribution < -0.4 is 5.46 Å². The van der Waals surface area contributed by atoms with E-state index in [4.69, 9.17) is 19.1 Å². The molecule has 1 unspecified atom stereocenters. The van der Waals surface area contributed by atoms with Crippen LogP contribution in [0, 0.1) is 11.5 Å². The molecule has 4 rings (SSSR count). The molecule has 7 heteroatoms. The highest BCUT2D eigenvalue weighted by Crippen LogP contribution is 2.41. The fraction of sp³-hybridized carbons (Fsp3) is 0.690. The monoisotopic (exact) mass is 508 g/mol. The van der Waals surface area contributed by atoms with E-state index in [9.17, 15) is 0 Å². The number of nitrogens with zero attached hydrogens (tertiary/aromatic N) is 2. The Hall–Kier alpha value is -1.59. The molecule has 1 aromatic heterocycles. The first-order valence-corrected chi connectivity index (χ1v) is 16.1. The molecule has 1 aromatic carbocycles. The van der Waals surface area contributed by atoms with Gasteiger partial charge in [0.1, 0.15) is 13.8 Å². The van der Waals surface area contributed by atoms with Crippen molar-refractivity contribution in [2.75, 3.05) is 6.61 Å². The second-order valence-electron chi connectivity index (χ2n) is 12.6. The third-order valence-corrected chi connectivity index (χ3v) is 15.2. The molecule has 2 aromatic rings. The maximum atomic E-state index is 6.37. The molecular formula is C29H45BN2O3Si. The third kappa shape index (κ3) is 4.71. The molecule has 0 aliphatic carbocycles. The molecule has 5 nitrogen and oxygen atoms in total. The van der Waals surface area contributed by atoms with Crippen LogP contribution in [0.25, 0.3) is 10.9 Å². The van der Waals surface area contributed by atoms with Crippen LogP contribution in [0.4, 0.5) is 0 Å². The van der Waals surface area contributed by atoms with Crippen molar-refractivity contribution in [1.29, 1.82) is 0 Å². The van der Waals surface area contributed by atoms with Gasteiger partial charge in [-0.05, 0) is 75.1 Å². The number of benzene rings is 1. The first-order chi connectivity index (χ1) is 16.8. The molecule has 196 valence electrons. The van der Waals surface area contributed by atoms with Crippen molar-refractivity contribution in [2.24, 2.45) is 0 Å². The van der Waals surface area contributed by atoms with E-state index in [1.807, 2.05) is 0 Å². The zero-order chi connectivity index (χ0) is 26.5. The Bertz CT molecular complexity index is 1110. The standard InChI is InChI=1S/C29H45BN2O3Si/c1-20(2)36(21(3)4,22(5)6)18-16-25-24-19-23(30-34-28(7,8)29(9,10)35-30)14-15-26(24)32(31-25)27-13-11-12-17-33-27/h14-15,19-22,27H,11-13,17H2,1-10H3. The van der Waals surface area contributed by atoms with E-state index < -0.39 is 15.2 Å². The lowest BCUT2D eigenvalue weighted by atomic mass is 9.78. The van der Waals surface area contributed by atoms with Gasteiger partial charge < -0.3 is 14.0 Å². The van der Waals surface area contributed by atoms with Gasteiger partial charge in [0.15, 0.2) is 6.23 Å². The molecule has 1 atom stereocenters. The number of fused-ring (bicyclic) bond motifs is 1. The second-order valence-corrected chi connectivity index (χ2v) is 18.2. The number of ether oxygens (including phenoxy) is 1. The average molecular weight is 509 g/mol. The van der Waals surface area contributed by atoms with Crippen LogP contribution in [-0.4, -0.2) is 42.8 Å². The largest absolute Gasteiger partial charge is 0.494 e. The first-order valence-electron chi connectivity index (χ1n) is 13.8. The molecule has 0 saturated carbocycles. The first kappa shape index (κ1) is 27.4. The minimum absolute atomic E-state index is 0.0400. The predicted molar refractivity (Wildman–Crippen MR) is 152 cm³/mol. The predicted octanol–water partition coefficient (Wildman–Crippen LogP) is 6.60. The number of hydrogen-bond acceptors (Lipinski definition) is 4. The molecule has 2 fully saturated rings. The van der Waals surface area contributed by atoms with Crippen molar-refractivity contribution in [3.05, 3.63) is 23.9 Å². The summed E-state index contributed by atoms with van der Waals surface area (Å²) < 4.78 is 20.9. The van der Waals surface area contributed by atoms with Crippen LogP contribution in [0.5, 0.6) is 0 Å². The zero-order valence-corrected chi connectivity index (χ0v) is 25.1. The van der Waals surface area contributed by atoms with Gasteiger partial charge in [-0.15, -0.1) is 5.54 Å². The summed E-state index contributed by atoms with van der Waals surface area (Å²) >= 11 is 0. The summed E-state index contributed by atoms with van der Waals surface area (Å²) in [6.07, 6.45) is 3.20. The minimum Gasteiger partial charge on any atom is -0.399 e. The lowest BCUT2D eigenvalue weighted by Crippen LogP contribution is -2.43. The quantitative estimate of drug-likeness (QED) is 0.337. The molecular weight excluding hydrogens is 463 g/mol. The van der Waals surface area contributed by atoms with E-state index in [1.165, 1.54) is 0 Å². The fourth-order valence-corrected chi connectivity index (χ4v) is 11.3. The molecule has 2 saturated heterocycles. The van der Waals surface area contributed by atoms with Crippen LogP contribution >= 0.6 is 0 Å². The van der Waals surface area contributed by atoms with Gasteiger partial charge in [-0.1, -0.05) is 59.6 Å². The van der Waals surface area contributed by atoms with Crippen molar-refractivity contribution < 1.29 is 14.0 Å². The molecule has 0 radical (unpaired) electrons. The topological polar surface area (TPSA) is 45.5 Å². The molecule has 0 bridgehead atoms. The summed E-state index contributed by atoms with van der Waals surface area (Å²) in [6.45, 7) is 23.3. The van der Waals surface area contributed by atoms with Gasteiger partial charge in [-0.3, -0.25) is 0 Å². The van der Waals surface area contributed by atoms with Gasteiger partial charge in [-0.25, -0.2) is 4.68 Å². The van der Waals surface area contributed by atoms with Gasteiger partial charge in [0, 0.05) is 12.0 Å². The third-order valence-electron chi connectivity index (χ3n) is 8.95. The van der Waals surface area contributed by atoms with Crippen molar-refractivity contribution in [3.63, 3.8) is 0 Å². The molecule has 36 heavy (non-hydrogen) atoms. The fourth-order valence-electron chi connectivity index (χ4n) is 6.11. The van der Waals surface area contributed by atoms with E-state index in [2.05, 4.69) is 104 Å². The molecule has 2 aliphatic rings. The van der Waals surface area contributed by atoms with Crippen molar-refractivity contribution in [3.8, 4) is 11.5 Å². The summed E-state index contributed by atoms with van der Waals surface area (Å²) in [5, 5.41) is 6.14. The highest BCUT2D eigenvalue weighted by molar-refractivity contribution is 6.90. The van der Waals surface area contributed by atoms with Crippen molar-refractivity contribution in [2.45, 2.75) is 123 Å². The smallest absolute Gasteiger partial charge is 0.399 e. The van der Waals surface area contributed by atoms with Gasteiger partial charge in [0.25, 0.3) is 0 Å². The van der Waals surface area contributed by atoms with E-state index in [0.717, 1.165) is 47.9 Å². The Kier molecular flexibility index (Phi) is 7.58. The number of hydrogen-bond donors (Lipinski definition) is 0. The summed E-state index contributed by atoms with van der Waals surface area (Å²) in [6, 6.07) is 6.43. The Morgan fingerprint density at radius 1 is 0.972 bits per heavy atom.